The van der Waals surface area contributed by atoms with Crippen LogP contribution in [0.4, 0.5) is 0 Å². The molecule has 0 saturated heterocycles. The van der Waals surface area contributed by atoms with Crippen molar-refractivity contribution in [2.24, 2.45) is 0 Å². The van der Waals surface area contributed by atoms with Gasteiger partial charge >= 0.3 is 0 Å². The molecule has 2 atom stereocenters. The molecule has 1 aromatic carbocycles. The zero-order valence-corrected chi connectivity index (χ0v) is 11.4. The number of rotatable bonds is 6. The molecule has 0 N–H and O–H groups in total. The Balaban J connectivity index is 2.63. The summed E-state index contributed by atoms with van der Waals surface area (Å²) in [6, 6.07) is 8.83. The topological polar surface area (TPSA) is 0 Å². The van der Waals surface area contributed by atoms with E-state index in [9.17, 15) is 0 Å². The van der Waals surface area contributed by atoms with Crippen LogP contribution in [0, 0.1) is 0 Å². The molecule has 0 radical (unpaired) electrons. The Hall–Kier alpha value is -0.490. The average Bonchev–Trinajstić information content (AvgIpc) is 2.35. The molecule has 2 unspecified atom stereocenters. The number of benzene rings is 1. The molecule has 1 rings (SSSR count). The van der Waals surface area contributed by atoms with Gasteiger partial charge in [-0.25, -0.2) is 0 Å². The van der Waals surface area contributed by atoms with Crippen LogP contribution in [-0.2, 0) is 0 Å². The van der Waals surface area contributed by atoms with Crippen molar-refractivity contribution in [3.05, 3.63) is 35.4 Å². The fraction of sp³-hybridized carbons (Fsp3) is 0.600. The van der Waals surface area contributed by atoms with Crippen LogP contribution >= 0.6 is 11.6 Å². The van der Waals surface area contributed by atoms with Crippen molar-refractivity contribution in [3.8, 4) is 0 Å². The van der Waals surface area contributed by atoms with Crippen LogP contribution in [0.25, 0.3) is 0 Å². The van der Waals surface area contributed by atoms with Crippen molar-refractivity contribution in [1.29, 1.82) is 0 Å². The van der Waals surface area contributed by atoms with Gasteiger partial charge in [0.05, 0.1) is 5.38 Å². The summed E-state index contributed by atoms with van der Waals surface area (Å²) in [6.45, 7) is 6.70. The number of hydrogen-bond acceptors (Lipinski definition) is 0. The van der Waals surface area contributed by atoms with Gasteiger partial charge in [0.15, 0.2) is 0 Å². The lowest BCUT2D eigenvalue weighted by Crippen LogP contribution is -1.94. The van der Waals surface area contributed by atoms with Gasteiger partial charge < -0.3 is 0 Å². The van der Waals surface area contributed by atoms with Gasteiger partial charge in [0.25, 0.3) is 0 Å². The van der Waals surface area contributed by atoms with Gasteiger partial charge in [0.2, 0.25) is 0 Å². The maximum atomic E-state index is 6.35. The third-order valence-electron chi connectivity index (χ3n) is 3.29. The molecular weight excluding hydrogens is 216 g/mol. The van der Waals surface area contributed by atoms with E-state index in [0.29, 0.717) is 5.92 Å². The molecule has 16 heavy (non-hydrogen) atoms. The Kier molecular flexibility index (Phi) is 5.90. The molecule has 0 aliphatic rings. The van der Waals surface area contributed by atoms with Gasteiger partial charge in [0.1, 0.15) is 0 Å². The van der Waals surface area contributed by atoms with Crippen LogP contribution in [0.15, 0.2) is 24.3 Å². The van der Waals surface area contributed by atoms with E-state index < -0.39 is 0 Å². The molecule has 0 amide bonds. The molecule has 0 saturated carbocycles. The smallest absolute Gasteiger partial charge is 0.0585 e. The Morgan fingerprint density at radius 1 is 1.06 bits per heavy atom. The van der Waals surface area contributed by atoms with E-state index in [0.717, 1.165) is 6.42 Å². The van der Waals surface area contributed by atoms with Crippen molar-refractivity contribution in [2.45, 2.75) is 57.7 Å². The molecule has 0 aromatic heterocycles. The SMILES string of the molecule is CCCCC(Cl)c1ccc(C(C)CC)cc1. The third-order valence-corrected chi connectivity index (χ3v) is 3.76. The lowest BCUT2D eigenvalue weighted by Gasteiger charge is -2.12. The zero-order chi connectivity index (χ0) is 12.0. The summed E-state index contributed by atoms with van der Waals surface area (Å²) in [6.07, 6.45) is 4.70. The van der Waals surface area contributed by atoms with Crippen molar-refractivity contribution in [2.75, 3.05) is 0 Å². The first kappa shape index (κ1) is 13.6. The Morgan fingerprint density at radius 2 is 1.62 bits per heavy atom. The van der Waals surface area contributed by atoms with Crippen LogP contribution < -0.4 is 0 Å². The quantitative estimate of drug-likeness (QED) is 0.560. The molecule has 90 valence electrons. The minimum absolute atomic E-state index is 0.186. The van der Waals surface area contributed by atoms with Gasteiger partial charge in [0, 0.05) is 0 Å². The highest BCUT2D eigenvalue weighted by Crippen LogP contribution is 2.28. The van der Waals surface area contributed by atoms with Gasteiger partial charge in [-0.05, 0) is 29.9 Å². The van der Waals surface area contributed by atoms with Crippen LogP contribution in [0.1, 0.15) is 68.9 Å². The van der Waals surface area contributed by atoms with Gasteiger partial charge in [-0.1, -0.05) is 57.9 Å². The van der Waals surface area contributed by atoms with Gasteiger partial charge in [-0.3, -0.25) is 0 Å². The summed E-state index contributed by atoms with van der Waals surface area (Å²) >= 11 is 6.35. The first-order valence-electron chi connectivity index (χ1n) is 6.42. The fourth-order valence-electron chi connectivity index (χ4n) is 1.82. The molecule has 0 nitrogen and oxygen atoms in total. The fourth-order valence-corrected chi connectivity index (χ4v) is 2.12. The second kappa shape index (κ2) is 6.96. The lowest BCUT2D eigenvalue weighted by molar-refractivity contribution is 0.698. The summed E-state index contributed by atoms with van der Waals surface area (Å²) < 4.78 is 0. The van der Waals surface area contributed by atoms with Gasteiger partial charge in [-0.2, -0.15) is 0 Å². The Labute approximate surface area is 105 Å². The second-order valence-corrected chi connectivity index (χ2v) is 5.11. The normalized spacial score (nSPS) is 14.8. The average molecular weight is 239 g/mol. The third kappa shape index (κ3) is 3.83. The maximum absolute atomic E-state index is 6.35. The van der Waals surface area contributed by atoms with Crippen LogP contribution in [-0.4, -0.2) is 0 Å². The first-order valence-corrected chi connectivity index (χ1v) is 6.86. The number of hydrogen-bond donors (Lipinski definition) is 0. The molecule has 0 heterocycles. The molecule has 0 aliphatic heterocycles. The van der Waals surface area contributed by atoms with Crippen molar-refractivity contribution >= 4 is 11.6 Å². The van der Waals surface area contributed by atoms with E-state index in [1.165, 1.54) is 30.4 Å². The number of unbranched alkanes of at least 4 members (excludes halogenated alkanes) is 1. The van der Waals surface area contributed by atoms with Crippen molar-refractivity contribution in [3.63, 3.8) is 0 Å². The van der Waals surface area contributed by atoms with E-state index in [-0.39, 0.29) is 5.38 Å². The summed E-state index contributed by atoms with van der Waals surface area (Å²) in [5.74, 6) is 0.651. The van der Waals surface area contributed by atoms with Crippen molar-refractivity contribution in [1.82, 2.24) is 0 Å². The van der Waals surface area contributed by atoms with E-state index in [1.807, 2.05) is 0 Å². The lowest BCUT2D eigenvalue weighted by atomic mass is 9.96. The summed E-state index contributed by atoms with van der Waals surface area (Å²) in [7, 11) is 0. The standard InChI is InChI=1S/C15H23Cl/c1-4-6-7-15(16)14-10-8-13(9-11-14)12(3)5-2/h8-12,15H,4-7H2,1-3H3. The number of alkyl halides is 1. The molecule has 0 fully saturated rings. The minimum atomic E-state index is 0.186. The monoisotopic (exact) mass is 238 g/mol. The molecule has 1 aromatic rings. The summed E-state index contributed by atoms with van der Waals surface area (Å²) in [5.41, 5.74) is 2.69. The largest absolute Gasteiger partial charge is 0.118 e. The highest BCUT2D eigenvalue weighted by Gasteiger charge is 2.08. The van der Waals surface area contributed by atoms with E-state index in [1.54, 1.807) is 0 Å². The highest BCUT2D eigenvalue weighted by molar-refractivity contribution is 6.20. The van der Waals surface area contributed by atoms with Crippen LogP contribution in [0.2, 0.25) is 0 Å². The van der Waals surface area contributed by atoms with Crippen molar-refractivity contribution < 1.29 is 0 Å². The predicted octanol–water partition coefficient (Wildman–Crippen LogP) is 5.67. The summed E-state index contributed by atoms with van der Waals surface area (Å²) in [5, 5.41) is 0.186. The predicted molar refractivity (Wildman–Crippen MR) is 73.3 cm³/mol. The maximum Gasteiger partial charge on any atom is 0.0585 e. The zero-order valence-electron chi connectivity index (χ0n) is 10.7. The molecule has 0 spiro atoms. The molecular formula is C15H23Cl. The highest BCUT2D eigenvalue weighted by atomic mass is 35.5. The first-order chi connectivity index (χ1) is 7.69. The molecule has 1 heteroatoms. The van der Waals surface area contributed by atoms with E-state index in [4.69, 9.17) is 11.6 Å². The summed E-state index contributed by atoms with van der Waals surface area (Å²) in [4.78, 5) is 0. The molecule has 0 bridgehead atoms. The Bertz CT molecular complexity index is 289. The van der Waals surface area contributed by atoms with E-state index >= 15 is 0 Å². The van der Waals surface area contributed by atoms with E-state index in [2.05, 4.69) is 45.0 Å². The molecule has 0 aliphatic carbocycles. The van der Waals surface area contributed by atoms with Crippen LogP contribution in [0.5, 0.6) is 0 Å². The van der Waals surface area contributed by atoms with Gasteiger partial charge in [-0.15, -0.1) is 11.6 Å². The Morgan fingerprint density at radius 3 is 2.12 bits per heavy atom. The second-order valence-electron chi connectivity index (χ2n) is 4.59. The van der Waals surface area contributed by atoms with Crippen LogP contribution in [0.3, 0.4) is 0 Å². The number of halogens is 1. The minimum Gasteiger partial charge on any atom is -0.118 e.